The fraction of sp³-hybridized carbons (Fsp3) is 0.500. The van der Waals surface area contributed by atoms with Crippen LogP contribution in [0.1, 0.15) is 13.8 Å². The molecule has 86 valence electrons. The van der Waals surface area contributed by atoms with Crippen LogP contribution < -0.4 is 0 Å². The highest BCUT2D eigenvalue weighted by Crippen LogP contribution is 2.53. The molecule has 2 N–H and O–H groups in total. The SMILES string of the molecule is CC(C)=C1C2C=CC1C(C(=O)O)C2C(=O)O. The highest BCUT2D eigenvalue weighted by atomic mass is 16.4. The lowest BCUT2D eigenvalue weighted by atomic mass is 9.83. The number of allylic oxidation sites excluding steroid dienone is 4. The van der Waals surface area contributed by atoms with Crippen LogP contribution in [0.25, 0.3) is 0 Å². The van der Waals surface area contributed by atoms with Crippen molar-refractivity contribution in [3.63, 3.8) is 0 Å². The maximum atomic E-state index is 11.2. The van der Waals surface area contributed by atoms with Gasteiger partial charge in [0.05, 0.1) is 11.8 Å². The van der Waals surface area contributed by atoms with E-state index in [1.54, 1.807) is 0 Å². The normalized spacial score (nSPS) is 35.5. The molecule has 4 unspecified atom stereocenters. The lowest BCUT2D eigenvalue weighted by Gasteiger charge is -2.19. The predicted octanol–water partition coefficient (Wildman–Crippen LogP) is 1.54. The monoisotopic (exact) mass is 222 g/mol. The second kappa shape index (κ2) is 3.47. The summed E-state index contributed by atoms with van der Waals surface area (Å²) in [5, 5.41) is 18.3. The van der Waals surface area contributed by atoms with Gasteiger partial charge in [0.1, 0.15) is 0 Å². The third kappa shape index (κ3) is 1.29. The molecule has 16 heavy (non-hydrogen) atoms. The molecule has 0 aromatic heterocycles. The average Bonchev–Trinajstić information content (AvgIpc) is 2.70. The van der Waals surface area contributed by atoms with Crippen molar-refractivity contribution >= 4 is 11.9 Å². The summed E-state index contributed by atoms with van der Waals surface area (Å²) in [6.07, 6.45) is 3.68. The first-order valence-corrected chi connectivity index (χ1v) is 5.26. The second-order valence-electron chi connectivity index (χ2n) is 4.62. The predicted molar refractivity (Wildman–Crippen MR) is 56.7 cm³/mol. The molecule has 0 aliphatic heterocycles. The summed E-state index contributed by atoms with van der Waals surface area (Å²) in [5.41, 5.74) is 2.02. The summed E-state index contributed by atoms with van der Waals surface area (Å²) in [4.78, 5) is 22.3. The van der Waals surface area contributed by atoms with E-state index < -0.39 is 23.8 Å². The standard InChI is InChI=1S/C12H14O4/c1-5(2)8-6-3-4-7(8)10(12(15)16)9(6)11(13)14/h3-4,6-7,9-10H,1-2H3,(H,13,14)(H,15,16). The average molecular weight is 222 g/mol. The second-order valence-corrected chi connectivity index (χ2v) is 4.62. The van der Waals surface area contributed by atoms with Crippen molar-refractivity contribution in [1.29, 1.82) is 0 Å². The van der Waals surface area contributed by atoms with Crippen molar-refractivity contribution < 1.29 is 19.8 Å². The molecule has 2 aliphatic carbocycles. The number of carbonyl (C=O) groups is 2. The highest BCUT2D eigenvalue weighted by molar-refractivity contribution is 5.84. The molecule has 1 fully saturated rings. The third-order valence-electron chi connectivity index (χ3n) is 3.55. The van der Waals surface area contributed by atoms with Crippen LogP contribution in [0.5, 0.6) is 0 Å². The molecule has 2 rings (SSSR count). The van der Waals surface area contributed by atoms with Gasteiger partial charge >= 0.3 is 11.9 Å². The van der Waals surface area contributed by atoms with Gasteiger partial charge in [-0.2, -0.15) is 0 Å². The molecule has 0 amide bonds. The number of hydrogen-bond acceptors (Lipinski definition) is 2. The zero-order chi connectivity index (χ0) is 12.0. The minimum atomic E-state index is -1.01. The highest BCUT2D eigenvalue weighted by Gasteiger charge is 2.55. The van der Waals surface area contributed by atoms with Crippen LogP contribution in [0, 0.1) is 23.7 Å². The summed E-state index contributed by atoms with van der Waals surface area (Å²) >= 11 is 0. The maximum Gasteiger partial charge on any atom is 0.308 e. The van der Waals surface area contributed by atoms with Crippen molar-refractivity contribution in [2.45, 2.75) is 13.8 Å². The first-order valence-electron chi connectivity index (χ1n) is 5.26. The third-order valence-corrected chi connectivity index (χ3v) is 3.55. The van der Waals surface area contributed by atoms with E-state index in [0.717, 1.165) is 11.1 Å². The van der Waals surface area contributed by atoms with Crippen LogP contribution in [0.2, 0.25) is 0 Å². The number of hydrogen-bond donors (Lipinski definition) is 2. The largest absolute Gasteiger partial charge is 0.481 e. The molecule has 2 bridgehead atoms. The number of carboxylic acids is 2. The number of rotatable bonds is 2. The van der Waals surface area contributed by atoms with E-state index in [9.17, 15) is 9.59 Å². The molecule has 0 aromatic rings. The lowest BCUT2D eigenvalue weighted by molar-refractivity contribution is -0.154. The smallest absolute Gasteiger partial charge is 0.308 e. The molecule has 4 atom stereocenters. The van der Waals surface area contributed by atoms with Crippen LogP contribution in [-0.2, 0) is 9.59 Å². The Labute approximate surface area is 93.3 Å². The summed E-state index contributed by atoms with van der Waals surface area (Å²) in [6.45, 7) is 3.82. The fourth-order valence-corrected chi connectivity index (χ4v) is 3.02. The zero-order valence-electron chi connectivity index (χ0n) is 9.18. The van der Waals surface area contributed by atoms with E-state index in [4.69, 9.17) is 10.2 Å². The van der Waals surface area contributed by atoms with Crippen LogP contribution in [0.4, 0.5) is 0 Å². The van der Waals surface area contributed by atoms with Gasteiger partial charge < -0.3 is 10.2 Å². The lowest BCUT2D eigenvalue weighted by Crippen LogP contribution is -2.32. The molecule has 0 radical (unpaired) electrons. The van der Waals surface area contributed by atoms with Crippen molar-refractivity contribution in [1.82, 2.24) is 0 Å². The van der Waals surface area contributed by atoms with Gasteiger partial charge in [0, 0.05) is 11.8 Å². The van der Waals surface area contributed by atoms with Gasteiger partial charge in [-0.25, -0.2) is 0 Å². The molecule has 0 heterocycles. The number of fused-ring (bicyclic) bond motifs is 2. The van der Waals surface area contributed by atoms with E-state index in [0.29, 0.717) is 0 Å². The van der Waals surface area contributed by atoms with Crippen LogP contribution in [-0.4, -0.2) is 22.2 Å². The molecular formula is C12H14O4. The first kappa shape index (κ1) is 10.9. The van der Waals surface area contributed by atoms with Gasteiger partial charge in [0.25, 0.3) is 0 Å². The van der Waals surface area contributed by atoms with Crippen LogP contribution in [0.3, 0.4) is 0 Å². The molecule has 0 saturated heterocycles. The minimum Gasteiger partial charge on any atom is -0.481 e. The van der Waals surface area contributed by atoms with E-state index in [-0.39, 0.29) is 11.8 Å². The number of carboxylic acid groups (broad SMARTS) is 2. The van der Waals surface area contributed by atoms with Gasteiger partial charge in [-0.05, 0) is 13.8 Å². The molecule has 4 nitrogen and oxygen atoms in total. The Hall–Kier alpha value is -1.58. The van der Waals surface area contributed by atoms with Crippen molar-refractivity contribution in [3.8, 4) is 0 Å². The van der Waals surface area contributed by atoms with E-state index in [1.165, 1.54) is 0 Å². The first-order chi connectivity index (χ1) is 7.45. The quantitative estimate of drug-likeness (QED) is 0.695. The summed E-state index contributed by atoms with van der Waals surface area (Å²) in [7, 11) is 0. The summed E-state index contributed by atoms with van der Waals surface area (Å²) in [6, 6.07) is 0. The van der Waals surface area contributed by atoms with Gasteiger partial charge in [-0.1, -0.05) is 23.3 Å². The van der Waals surface area contributed by atoms with Gasteiger partial charge in [0.2, 0.25) is 0 Å². The Morgan fingerprint density at radius 3 is 1.62 bits per heavy atom. The summed E-state index contributed by atoms with van der Waals surface area (Å²) < 4.78 is 0. The number of aliphatic carboxylic acids is 2. The van der Waals surface area contributed by atoms with Gasteiger partial charge in [0.15, 0.2) is 0 Å². The Morgan fingerprint density at radius 1 is 1.00 bits per heavy atom. The molecule has 4 heteroatoms. The Bertz CT molecular complexity index is 383. The molecule has 0 spiro atoms. The molecular weight excluding hydrogens is 208 g/mol. The minimum absolute atomic E-state index is 0.228. The maximum absolute atomic E-state index is 11.2. The Kier molecular flexibility index (Phi) is 2.37. The topological polar surface area (TPSA) is 74.6 Å². The Morgan fingerprint density at radius 2 is 1.38 bits per heavy atom. The van der Waals surface area contributed by atoms with E-state index in [2.05, 4.69) is 0 Å². The fourth-order valence-electron chi connectivity index (χ4n) is 3.02. The Balaban J connectivity index is 2.50. The molecule has 1 saturated carbocycles. The summed E-state index contributed by atoms with van der Waals surface area (Å²) in [5.74, 6) is -4.09. The van der Waals surface area contributed by atoms with Crippen LogP contribution >= 0.6 is 0 Å². The molecule has 2 aliphatic rings. The van der Waals surface area contributed by atoms with Crippen molar-refractivity contribution in [2.75, 3.05) is 0 Å². The van der Waals surface area contributed by atoms with Gasteiger partial charge in [-0.15, -0.1) is 0 Å². The van der Waals surface area contributed by atoms with Crippen LogP contribution in [0.15, 0.2) is 23.3 Å². The van der Waals surface area contributed by atoms with Gasteiger partial charge in [-0.3, -0.25) is 9.59 Å². The van der Waals surface area contributed by atoms with Crippen molar-refractivity contribution in [3.05, 3.63) is 23.3 Å². The molecule has 0 aromatic carbocycles. The van der Waals surface area contributed by atoms with Crippen molar-refractivity contribution in [2.24, 2.45) is 23.7 Å². The van der Waals surface area contributed by atoms with E-state index >= 15 is 0 Å². The van der Waals surface area contributed by atoms with E-state index in [1.807, 2.05) is 26.0 Å². The zero-order valence-corrected chi connectivity index (χ0v) is 9.18.